The van der Waals surface area contributed by atoms with Crippen LogP contribution in [0.1, 0.15) is 13.8 Å². The minimum atomic E-state index is -1.14. The zero-order valence-corrected chi connectivity index (χ0v) is 5.90. The van der Waals surface area contributed by atoms with Gasteiger partial charge in [-0.05, 0) is 12.2 Å². The molecular formula is C6H9NO3. The standard InChI is InChI=1S/C6H9NO3/c1-6(2,7(9)10)4-3-5-8/h3-5H,1-2H3. The number of hydrogen-bond acceptors (Lipinski definition) is 3. The first-order chi connectivity index (χ1) is 4.50. The molecule has 0 radical (unpaired) electrons. The molecule has 0 heterocycles. The zero-order chi connectivity index (χ0) is 8.20. The lowest BCUT2D eigenvalue weighted by Gasteiger charge is -2.08. The summed E-state index contributed by atoms with van der Waals surface area (Å²) in [5.41, 5.74) is -1.14. The summed E-state index contributed by atoms with van der Waals surface area (Å²) in [4.78, 5) is 19.5. The smallest absolute Gasteiger partial charge is 0.235 e. The van der Waals surface area contributed by atoms with E-state index in [2.05, 4.69) is 0 Å². The van der Waals surface area contributed by atoms with Crippen molar-refractivity contribution in [3.8, 4) is 0 Å². The van der Waals surface area contributed by atoms with E-state index >= 15 is 0 Å². The highest BCUT2D eigenvalue weighted by atomic mass is 16.6. The van der Waals surface area contributed by atoms with E-state index in [-0.39, 0.29) is 0 Å². The Kier molecular flexibility index (Phi) is 2.73. The highest BCUT2D eigenvalue weighted by Crippen LogP contribution is 2.07. The molecule has 0 atom stereocenters. The first-order valence-electron chi connectivity index (χ1n) is 2.78. The molecule has 0 aliphatic carbocycles. The molecule has 0 rings (SSSR count). The first kappa shape index (κ1) is 8.81. The Balaban J connectivity index is 4.25. The molecule has 0 aromatic rings. The van der Waals surface area contributed by atoms with Crippen LogP contribution in [0, 0.1) is 10.1 Å². The fraction of sp³-hybridized carbons (Fsp3) is 0.500. The van der Waals surface area contributed by atoms with Crippen molar-refractivity contribution >= 4 is 6.29 Å². The molecule has 0 aromatic heterocycles. The fourth-order valence-corrected chi connectivity index (χ4v) is 0.336. The van der Waals surface area contributed by atoms with Crippen LogP contribution in [0.25, 0.3) is 0 Å². The van der Waals surface area contributed by atoms with Crippen molar-refractivity contribution < 1.29 is 9.72 Å². The Labute approximate surface area is 58.7 Å². The van der Waals surface area contributed by atoms with Crippen molar-refractivity contribution in [1.82, 2.24) is 0 Å². The summed E-state index contributed by atoms with van der Waals surface area (Å²) in [6, 6.07) is 0. The number of carbonyl (C=O) groups excluding carboxylic acids is 1. The number of rotatable bonds is 3. The number of nitro groups is 1. The molecule has 0 aliphatic rings. The lowest BCUT2D eigenvalue weighted by molar-refractivity contribution is -0.545. The van der Waals surface area contributed by atoms with Crippen molar-refractivity contribution in [2.75, 3.05) is 0 Å². The molecule has 4 heteroatoms. The van der Waals surface area contributed by atoms with Crippen LogP contribution in [0.2, 0.25) is 0 Å². The topological polar surface area (TPSA) is 60.2 Å². The van der Waals surface area contributed by atoms with Crippen molar-refractivity contribution in [2.24, 2.45) is 0 Å². The van der Waals surface area contributed by atoms with Gasteiger partial charge < -0.3 is 0 Å². The lowest BCUT2D eigenvalue weighted by atomic mass is 10.1. The maximum Gasteiger partial charge on any atom is 0.235 e. The second-order valence-electron chi connectivity index (χ2n) is 2.41. The molecule has 4 nitrogen and oxygen atoms in total. The van der Waals surface area contributed by atoms with Gasteiger partial charge in [0, 0.05) is 18.8 Å². The summed E-state index contributed by atoms with van der Waals surface area (Å²) < 4.78 is 0. The Morgan fingerprint density at radius 2 is 2.00 bits per heavy atom. The van der Waals surface area contributed by atoms with Gasteiger partial charge in [0.25, 0.3) is 0 Å². The Hall–Kier alpha value is -1.19. The molecular weight excluding hydrogens is 134 g/mol. The molecule has 0 bridgehead atoms. The average molecular weight is 143 g/mol. The summed E-state index contributed by atoms with van der Waals surface area (Å²) >= 11 is 0. The summed E-state index contributed by atoms with van der Waals surface area (Å²) in [6.07, 6.45) is 2.90. The van der Waals surface area contributed by atoms with Crippen LogP contribution in [0.15, 0.2) is 12.2 Å². The van der Waals surface area contributed by atoms with Crippen LogP contribution >= 0.6 is 0 Å². The van der Waals surface area contributed by atoms with E-state index in [1.165, 1.54) is 19.9 Å². The maximum absolute atomic E-state index is 10.2. The van der Waals surface area contributed by atoms with Gasteiger partial charge in [0.2, 0.25) is 5.54 Å². The molecule has 0 saturated carbocycles. The summed E-state index contributed by atoms with van der Waals surface area (Å²) in [6.45, 7) is 2.85. The number of carbonyl (C=O) groups is 1. The van der Waals surface area contributed by atoms with Gasteiger partial charge in [0.15, 0.2) is 0 Å². The minimum absolute atomic E-state index is 0.451. The van der Waals surface area contributed by atoms with Crippen molar-refractivity contribution in [3.63, 3.8) is 0 Å². The van der Waals surface area contributed by atoms with Gasteiger partial charge in [0.1, 0.15) is 6.29 Å². The van der Waals surface area contributed by atoms with Crippen LogP contribution < -0.4 is 0 Å². The monoisotopic (exact) mass is 143 g/mol. The number of hydrogen-bond donors (Lipinski definition) is 0. The van der Waals surface area contributed by atoms with E-state index in [1.54, 1.807) is 0 Å². The third kappa shape index (κ3) is 2.39. The van der Waals surface area contributed by atoms with E-state index in [1.807, 2.05) is 0 Å². The number of aldehydes is 1. The predicted octanol–water partition coefficient (Wildman–Crippen LogP) is 0.797. The fourth-order valence-electron chi connectivity index (χ4n) is 0.336. The Morgan fingerprint density at radius 3 is 2.30 bits per heavy atom. The highest BCUT2D eigenvalue weighted by molar-refractivity contribution is 5.64. The molecule has 0 unspecified atom stereocenters. The van der Waals surface area contributed by atoms with E-state index in [4.69, 9.17) is 0 Å². The minimum Gasteiger partial charge on any atom is -0.299 e. The summed E-state index contributed by atoms with van der Waals surface area (Å²) in [5, 5.41) is 10.2. The molecule has 0 aromatic carbocycles. The van der Waals surface area contributed by atoms with Gasteiger partial charge in [-0.25, -0.2) is 0 Å². The van der Waals surface area contributed by atoms with Gasteiger partial charge in [-0.15, -0.1) is 0 Å². The molecule has 0 aliphatic heterocycles. The molecule has 0 saturated heterocycles. The van der Waals surface area contributed by atoms with E-state index in [9.17, 15) is 14.9 Å². The molecule has 0 N–H and O–H groups in total. The molecule has 10 heavy (non-hydrogen) atoms. The SMILES string of the molecule is CC(C)(C=CC=O)[N+](=O)[O-]. The molecule has 56 valence electrons. The largest absolute Gasteiger partial charge is 0.299 e. The van der Waals surface area contributed by atoms with Crippen LogP contribution in [0.3, 0.4) is 0 Å². The second kappa shape index (κ2) is 3.10. The van der Waals surface area contributed by atoms with E-state index < -0.39 is 10.5 Å². The second-order valence-corrected chi connectivity index (χ2v) is 2.41. The van der Waals surface area contributed by atoms with Gasteiger partial charge in [-0.2, -0.15) is 0 Å². The quantitative estimate of drug-likeness (QED) is 0.254. The third-order valence-electron chi connectivity index (χ3n) is 1.05. The average Bonchev–Trinajstić information content (AvgIpc) is 1.84. The van der Waals surface area contributed by atoms with E-state index in [0.717, 1.165) is 6.08 Å². The lowest BCUT2D eigenvalue weighted by Crippen LogP contribution is -2.27. The molecule has 0 spiro atoms. The van der Waals surface area contributed by atoms with E-state index in [0.29, 0.717) is 6.29 Å². The van der Waals surface area contributed by atoms with Crippen LogP contribution in [0.5, 0.6) is 0 Å². The molecule has 0 fully saturated rings. The van der Waals surface area contributed by atoms with Gasteiger partial charge in [-0.1, -0.05) is 0 Å². The van der Waals surface area contributed by atoms with Crippen molar-refractivity contribution in [3.05, 3.63) is 22.3 Å². The number of allylic oxidation sites excluding steroid dienone is 1. The Bertz CT molecular complexity index is 172. The van der Waals surface area contributed by atoms with Gasteiger partial charge in [0.05, 0.1) is 0 Å². The highest BCUT2D eigenvalue weighted by Gasteiger charge is 2.25. The van der Waals surface area contributed by atoms with Crippen molar-refractivity contribution in [2.45, 2.75) is 19.4 Å². The maximum atomic E-state index is 10.2. The van der Waals surface area contributed by atoms with Crippen LogP contribution in [-0.4, -0.2) is 16.7 Å². The Morgan fingerprint density at radius 1 is 1.50 bits per heavy atom. The van der Waals surface area contributed by atoms with Gasteiger partial charge in [-0.3, -0.25) is 14.9 Å². The number of nitrogens with zero attached hydrogens (tertiary/aromatic N) is 1. The van der Waals surface area contributed by atoms with Gasteiger partial charge >= 0.3 is 0 Å². The zero-order valence-electron chi connectivity index (χ0n) is 5.90. The summed E-state index contributed by atoms with van der Waals surface area (Å²) in [7, 11) is 0. The normalized spacial score (nSPS) is 11.8. The van der Waals surface area contributed by atoms with Crippen LogP contribution in [-0.2, 0) is 4.79 Å². The summed E-state index contributed by atoms with van der Waals surface area (Å²) in [5.74, 6) is 0. The predicted molar refractivity (Wildman–Crippen MR) is 36.3 cm³/mol. The van der Waals surface area contributed by atoms with Crippen molar-refractivity contribution in [1.29, 1.82) is 0 Å². The molecule has 0 amide bonds. The first-order valence-corrected chi connectivity index (χ1v) is 2.78. The van der Waals surface area contributed by atoms with Crippen LogP contribution in [0.4, 0.5) is 0 Å². The third-order valence-corrected chi connectivity index (χ3v) is 1.05.